The lowest BCUT2D eigenvalue weighted by Crippen LogP contribution is -2.29. The first-order chi connectivity index (χ1) is 12.9. The highest BCUT2D eigenvalue weighted by Crippen LogP contribution is 2.46. The Hall–Kier alpha value is -2.73. The number of nitrogens with zero attached hydrogens (tertiary/aromatic N) is 2. The number of ether oxygens (including phenoxy) is 1. The molecule has 0 bridgehead atoms. The Morgan fingerprint density at radius 2 is 1.96 bits per heavy atom. The number of nitrogens with one attached hydrogen (secondary N) is 1. The topological polar surface area (TPSA) is 67.9 Å². The van der Waals surface area contributed by atoms with E-state index in [2.05, 4.69) is 23.8 Å². The summed E-state index contributed by atoms with van der Waals surface area (Å²) >= 11 is 1.41. The van der Waals surface area contributed by atoms with E-state index in [1.807, 2.05) is 37.3 Å². The lowest BCUT2D eigenvalue weighted by atomic mass is 9.83. The quantitative estimate of drug-likeness (QED) is 0.531. The summed E-state index contributed by atoms with van der Waals surface area (Å²) in [5.74, 6) is 1.44. The minimum Gasteiger partial charge on any atom is -0.490 e. The SMILES string of the molecule is Cc1nc2c(sc3nc(-c4ccccc4)c4c(c32)CC(C)(C)CO4)c(=O)[nH]1. The molecule has 0 amide bonds. The number of fused-ring (bicyclic) bond motifs is 5. The van der Waals surface area contributed by atoms with Gasteiger partial charge >= 0.3 is 0 Å². The van der Waals surface area contributed by atoms with Crippen molar-refractivity contribution in [2.45, 2.75) is 27.2 Å². The fraction of sp³-hybridized carbons (Fsp3) is 0.286. The maximum atomic E-state index is 12.5. The van der Waals surface area contributed by atoms with E-state index in [0.717, 1.165) is 44.7 Å². The number of thiophene rings is 1. The second-order valence-electron chi connectivity index (χ2n) is 7.88. The molecule has 0 spiro atoms. The number of H-pyrrole nitrogens is 1. The molecule has 0 atom stereocenters. The molecule has 0 aliphatic carbocycles. The highest BCUT2D eigenvalue weighted by Gasteiger charge is 2.32. The van der Waals surface area contributed by atoms with Gasteiger partial charge in [0.2, 0.25) is 0 Å². The van der Waals surface area contributed by atoms with E-state index in [1.165, 1.54) is 11.3 Å². The largest absolute Gasteiger partial charge is 0.490 e. The van der Waals surface area contributed by atoms with E-state index in [9.17, 15) is 4.79 Å². The number of hydrogen-bond donors (Lipinski definition) is 1. The van der Waals surface area contributed by atoms with Crippen LogP contribution in [0.3, 0.4) is 0 Å². The Balaban J connectivity index is 1.94. The fourth-order valence-electron chi connectivity index (χ4n) is 3.76. The van der Waals surface area contributed by atoms with E-state index in [1.54, 1.807) is 0 Å². The van der Waals surface area contributed by atoms with Gasteiger partial charge in [-0.3, -0.25) is 4.79 Å². The van der Waals surface area contributed by atoms with Crippen molar-refractivity contribution in [1.82, 2.24) is 15.0 Å². The molecule has 6 heteroatoms. The normalized spacial score (nSPS) is 15.7. The highest BCUT2D eigenvalue weighted by atomic mass is 32.1. The van der Waals surface area contributed by atoms with Crippen molar-refractivity contribution < 1.29 is 4.74 Å². The molecular formula is C21H19N3O2S. The fourth-order valence-corrected chi connectivity index (χ4v) is 4.80. The number of benzene rings is 1. The second kappa shape index (κ2) is 5.63. The molecule has 0 radical (unpaired) electrons. The number of pyridine rings is 1. The summed E-state index contributed by atoms with van der Waals surface area (Å²) < 4.78 is 6.86. The molecule has 0 unspecified atom stereocenters. The van der Waals surface area contributed by atoms with Crippen LogP contribution < -0.4 is 10.3 Å². The van der Waals surface area contributed by atoms with Crippen molar-refractivity contribution >= 4 is 31.8 Å². The van der Waals surface area contributed by atoms with E-state index in [0.29, 0.717) is 17.1 Å². The second-order valence-corrected chi connectivity index (χ2v) is 8.87. The van der Waals surface area contributed by atoms with Gasteiger partial charge in [-0.05, 0) is 13.3 Å². The molecule has 0 saturated heterocycles. The molecule has 1 aromatic carbocycles. The average Bonchev–Trinajstić information content (AvgIpc) is 3.00. The third-order valence-corrected chi connectivity index (χ3v) is 6.03. The van der Waals surface area contributed by atoms with Gasteiger partial charge in [-0.1, -0.05) is 44.2 Å². The van der Waals surface area contributed by atoms with Gasteiger partial charge in [-0.15, -0.1) is 11.3 Å². The third-order valence-electron chi connectivity index (χ3n) is 4.96. The highest BCUT2D eigenvalue weighted by molar-refractivity contribution is 7.25. The maximum absolute atomic E-state index is 12.5. The van der Waals surface area contributed by atoms with Crippen molar-refractivity contribution in [3.63, 3.8) is 0 Å². The number of hydrogen-bond acceptors (Lipinski definition) is 5. The molecule has 136 valence electrons. The number of aromatic nitrogens is 3. The molecule has 5 rings (SSSR count). The molecule has 1 aliphatic rings. The first kappa shape index (κ1) is 16.4. The van der Waals surface area contributed by atoms with Gasteiger partial charge < -0.3 is 9.72 Å². The van der Waals surface area contributed by atoms with Gasteiger partial charge in [-0.25, -0.2) is 9.97 Å². The summed E-state index contributed by atoms with van der Waals surface area (Å²) in [6.45, 7) is 6.85. The lowest BCUT2D eigenvalue weighted by Gasteiger charge is -2.32. The minimum absolute atomic E-state index is 0.0136. The van der Waals surface area contributed by atoms with Crippen LogP contribution in [0, 0.1) is 12.3 Å². The van der Waals surface area contributed by atoms with Crippen molar-refractivity contribution in [2.75, 3.05) is 6.61 Å². The molecule has 4 heterocycles. The summed E-state index contributed by atoms with van der Waals surface area (Å²) in [5, 5.41) is 0.964. The Labute approximate surface area is 160 Å². The van der Waals surface area contributed by atoms with E-state index in [-0.39, 0.29) is 11.0 Å². The molecule has 0 saturated carbocycles. The Kier molecular flexibility index (Phi) is 3.43. The standard InChI is InChI=1S/C21H19N3O2S/c1-11-22-16-14-13-9-21(2,3)10-26-17(13)15(12-7-5-4-6-8-12)24-20(14)27-18(16)19(25)23-11/h4-8H,9-10H2,1-3H3,(H,22,23,25). The predicted octanol–water partition coefficient (Wildman–Crippen LogP) is 4.47. The van der Waals surface area contributed by atoms with Crippen LogP contribution in [-0.4, -0.2) is 21.6 Å². The van der Waals surface area contributed by atoms with Gasteiger partial charge in [0.25, 0.3) is 5.56 Å². The zero-order chi connectivity index (χ0) is 18.8. The minimum atomic E-state index is -0.105. The first-order valence-corrected chi connectivity index (χ1v) is 9.79. The molecule has 4 aromatic rings. The third kappa shape index (κ3) is 2.55. The Morgan fingerprint density at radius 1 is 1.19 bits per heavy atom. The number of aryl methyl sites for hydroxylation is 1. The van der Waals surface area contributed by atoms with Crippen LogP contribution >= 0.6 is 11.3 Å². The smallest absolute Gasteiger partial charge is 0.268 e. The molecule has 3 aromatic heterocycles. The van der Waals surface area contributed by atoms with Crippen LogP contribution in [0.2, 0.25) is 0 Å². The summed E-state index contributed by atoms with van der Waals surface area (Å²) in [5.41, 5.74) is 3.62. The van der Waals surface area contributed by atoms with Crippen LogP contribution in [0.15, 0.2) is 35.1 Å². The zero-order valence-electron chi connectivity index (χ0n) is 15.4. The van der Waals surface area contributed by atoms with Crippen LogP contribution in [0.4, 0.5) is 0 Å². The predicted molar refractivity (Wildman–Crippen MR) is 109 cm³/mol. The maximum Gasteiger partial charge on any atom is 0.268 e. The van der Waals surface area contributed by atoms with Gasteiger partial charge in [0, 0.05) is 21.9 Å². The number of aromatic amines is 1. The van der Waals surface area contributed by atoms with Crippen molar-refractivity contribution in [2.24, 2.45) is 5.41 Å². The van der Waals surface area contributed by atoms with Gasteiger partial charge in [0.05, 0.1) is 12.1 Å². The molecule has 1 N–H and O–H groups in total. The monoisotopic (exact) mass is 377 g/mol. The van der Waals surface area contributed by atoms with Crippen LogP contribution in [0.5, 0.6) is 5.75 Å². The molecular weight excluding hydrogens is 358 g/mol. The van der Waals surface area contributed by atoms with Gasteiger partial charge in [0.15, 0.2) is 0 Å². The first-order valence-electron chi connectivity index (χ1n) is 8.97. The van der Waals surface area contributed by atoms with Crippen molar-refractivity contribution in [3.8, 4) is 17.0 Å². The summed E-state index contributed by atoms with van der Waals surface area (Å²) in [6, 6.07) is 10.1. The zero-order valence-corrected chi connectivity index (χ0v) is 16.2. The van der Waals surface area contributed by atoms with Crippen LogP contribution in [0.1, 0.15) is 25.2 Å². The van der Waals surface area contributed by atoms with E-state index in [4.69, 9.17) is 9.72 Å². The molecule has 5 nitrogen and oxygen atoms in total. The lowest BCUT2D eigenvalue weighted by molar-refractivity contribution is 0.156. The molecule has 1 aliphatic heterocycles. The Morgan fingerprint density at radius 3 is 2.74 bits per heavy atom. The summed E-state index contributed by atoms with van der Waals surface area (Å²) in [6.07, 6.45) is 0.862. The van der Waals surface area contributed by atoms with Crippen molar-refractivity contribution in [1.29, 1.82) is 0 Å². The van der Waals surface area contributed by atoms with E-state index < -0.39 is 0 Å². The van der Waals surface area contributed by atoms with Crippen molar-refractivity contribution in [3.05, 3.63) is 52.1 Å². The van der Waals surface area contributed by atoms with Crippen LogP contribution in [0.25, 0.3) is 31.7 Å². The molecule has 0 fully saturated rings. The van der Waals surface area contributed by atoms with Gasteiger partial charge in [0.1, 0.15) is 26.8 Å². The van der Waals surface area contributed by atoms with Crippen LogP contribution in [-0.2, 0) is 6.42 Å². The average molecular weight is 377 g/mol. The summed E-state index contributed by atoms with van der Waals surface area (Å²) in [4.78, 5) is 25.7. The molecule has 27 heavy (non-hydrogen) atoms. The summed E-state index contributed by atoms with van der Waals surface area (Å²) in [7, 11) is 0. The van der Waals surface area contributed by atoms with E-state index >= 15 is 0 Å². The van der Waals surface area contributed by atoms with Gasteiger partial charge in [-0.2, -0.15) is 0 Å². The number of rotatable bonds is 1. The Bertz CT molecular complexity index is 1260.